The molecule has 2 unspecified atom stereocenters. The van der Waals surface area contributed by atoms with Crippen molar-refractivity contribution >= 4 is 11.9 Å². The Kier molecular flexibility index (Phi) is 11.4. The molecule has 234 valence electrons. The van der Waals surface area contributed by atoms with Crippen LogP contribution in [0, 0.1) is 26.7 Å². The first-order valence-electron chi connectivity index (χ1n) is 16.8. The maximum absolute atomic E-state index is 5.29. The van der Waals surface area contributed by atoms with E-state index < -0.39 is 0 Å². The highest BCUT2D eigenvalue weighted by atomic mass is 15.5. The SMILES string of the molecule is C/C=C\C(c1cc(-c2nc(C)cc(C(C)C)n2)cc(C)c1C(C)N(/N=C/C1=C(C)CCCC1)c1ccccc1C)[C@H](C)CC. The molecule has 0 spiro atoms. The normalized spacial score (nSPS) is 16.2. The van der Waals surface area contributed by atoms with Gasteiger partial charge in [-0.15, -0.1) is 0 Å². The molecule has 0 bridgehead atoms. The largest absolute Gasteiger partial charge is 0.258 e. The summed E-state index contributed by atoms with van der Waals surface area (Å²) in [5, 5.41) is 7.55. The molecule has 0 saturated heterocycles. The van der Waals surface area contributed by atoms with Gasteiger partial charge in [-0.3, -0.25) is 5.01 Å². The van der Waals surface area contributed by atoms with Crippen molar-refractivity contribution in [1.82, 2.24) is 9.97 Å². The van der Waals surface area contributed by atoms with Crippen LogP contribution in [0.5, 0.6) is 0 Å². The van der Waals surface area contributed by atoms with Crippen LogP contribution in [0.3, 0.4) is 0 Å². The van der Waals surface area contributed by atoms with Gasteiger partial charge in [-0.2, -0.15) is 5.10 Å². The van der Waals surface area contributed by atoms with E-state index in [1.54, 1.807) is 0 Å². The second-order valence-corrected chi connectivity index (χ2v) is 13.2. The highest BCUT2D eigenvalue weighted by Crippen LogP contribution is 2.41. The summed E-state index contributed by atoms with van der Waals surface area (Å²) in [6, 6.07) is 15.4. The highest BCUT2D eigenvalue weighted by Gasteiger charge is 2.28. The lowest BCUT2D eigenvalue weighted by molar-refractivity contribution is 0.500. The zero-order valence-electron chi connectivity index (χ0n) is 28.9. The number of hydrogen-bond acceptors (Lipinski definition) is 4. The van der Waals surface area contributed by atoms with Gasteiger partial charge in [0.1, 0.15) is 0 Å². The van der Waals surface area contributed by atoms with E-state index in [1.807, 2.05) is 0 Å². The molecule has 0 N–H and O–H groups in total. The second kappa shape index (κ2) is 15.0. The van der Waals surface area contributed by atoms with Crippen LogP contribution in [0.1, 0.15) is 132 Å². The molecule has 3 atom stereocenters. The Bertz CT molecular complexity index is 1530. The van der Waals surface area contributed by atoms with Crippen molar-refractivity contribution in [2.45, 2.75) is 119 Å². The zero-order valence-corrected chi connectivity index (χ0v) is 28.9. The molecule has 1 aliphatic rings. The average molecular weight is 591 g/mol. The molecule has 3 aromatic rings. The molecule has 0 aliphatic heterocycles. The van der Waals surface area contributed by atoms with Crippen molar-refractivity contribution in [3.63, 3.8) is 0 Å². The zero-order chi connectivity index (χ0) is 32.0. The maximum Gasteiger partial charge on any atom is 0.159 e. The van der Waals surface area contributed by atoms with Gasteiger partial charge in [-0.05, 0) is 131 Å². The Morgan fingerprint density at radius 3 is 2.30 bits per heavy atom. The summed E-state index contributed by atoms with van der Waals surface area (Å²) in [5.74, 6) is 1.90. The summed E-state index contributed by atoms with van der Waals surface area (Å²) in [7, 11) is 0. The minimum absolute atomic E-state index is 0.0161. The first-order chi connectivity index (χ1) is 21.0. The lowest BCUT2D eigenvalue weighted by atomic mass is 9.79. The van der Waals surface area contributed by atoms with Crippen LogP contribution in [-0.4, -0.2) is 16.2 Å². The van der Waals surface area contributed by atoms with Crippen LogP contribution in [0.4, 0.5) is 5.69 Å². The van der Waals surface area contributed by atoms with Gasteiger partial charge >= 0.3 is 0 Å². The number of aryl methyl sites for hydroxylation is 3. The van der Waals surface area contributed by atoms with E-state index in [1.165, 1.54) is 52.7 Å². The molecule has 0 saturated carbocycles. The van der Waals surface area contributed by atoms with E-state index in [9.17, 15) is 0 Å². The fourth-order valence-corrected chi connectivity index (χ4v) is 6.58. The van der Waals surface area contributed by atoms with Crippen molar-refractivity contribution in [2.24, 2.45) is 11.0 Å². The lowest BCUT2D eigenvalue weighted by Gasteiger charge is -2.33. The van der Waals surface area contributed by atoms with Crippen molar-refractivity contribution in [1.29, 1.82) is 0 Å². The van der Waals surface area contributed by atoms with Gasteiger partial charge in [0.2, 0.25) is 0 Å². The summed E-state index contributed by atoms with van der Waals surface area (Å²) < 4.78 is 0. The Hall–Kier alpha value is -3.53. The van der Waals surface area contributed by atoms with Gasteiger partial charge in [-0.25, -0.2) is 9.97 Å². The molecule has 0 radical (unpaired) electrons. The van der Waals surface area contributed by atoms with E-state index in [0.29, 0.717) is 11.8 Å². The number of rotatable bonds is 11. The third-order valence-electron chi connectivity index (χ3n) is 9.44. The summed E-state index contributed by atoms with van der Waals surface area (Å²) in [5.41, 5.74) is 12.4. The summed E-state index contributed by atoms with van der Waals surface area (Å²) in [4.78, 5) is 9.97. The highest BCUT2D eigenvalue weighted by molar-refractivity contribution is 5.81. The van der Waals surface area contributed by atoms with E-state index in [2.05, 4.69) is 135 Å². The molecule has 4 heteroatoms. The van der Waals surface area contributed by atoms with Crippen LogP contribution >= 0.6 is 0 Å². The number of allylic oxidation sites excluding steroid dienone is 4. The molecular weight excluding hydrogens is 536 g/mol. The average Bonchev–Trinajstić information content (AvgIpc) is 3.00. The first kappa shape index (κ1) is 33.4. The molecule has 0 amide bonds. The Morgan fingerprint density at radius 2 is 1.64 bits per heavy atom. The minimum atomic E-state index is 0.0161. The fourth-order valence-electron chi connectivity index (χ4n) is 6.58. The van der Waals surface area contributed by atoms with Gasteiger partial charge < -0.3 is 0 Å². The maximum atomic E-state index is 5.29. The van der Waals surface area contributed by atoms with Gasteiger partial charge in [0.25, 0.3) is 0 Å². The Morgan fingerprint density at radius 1 is 0.909 bits per heavy atom. The minimum Gasteiger partial charge on any atom is -0.258 e. The number of aromatic nitrogens is 2. The van der Waals surface area contributed by atoms with Crippen molar-refractivity contribution in [3.05, 3.63) is 99.4 Å². The van der Waals surface area contributed by atoms with Gasteiger partial charge in [0.05, 0.1) is 17.9 Å². The number of hydrazone groups is 1. The lowest BCUT2D eigenvalue weighted by Crippen LogP contribution is -2.25. The molecular formula is C40H54N4. The van der Waals surface area contributed by atoms with Crippen molar-refractivity contribution < 1.29 is 0 Å². The molecule has 4 nitrogen and oxygen atoms in total. The molecule has 1 aromatic heterocycles. The number of hydrogen-bond donors (Lipinski definition) is 0. The molecule has 4 rings (SSSR count). The van der Waals surface area contributed by atoms with Crippen molar-refractivity contribution in [2.75, 3.05) is 5.01 Å². The summed E-state index contributed by atoms with van der Waals surface area (Å²) in [6.07, 6.45) is 12.6. The quantitative estimate of drug-likeness (QED) is 0.127. The topological polar surface area (TPSA) is 41.4 Å². The Balaban J connectivity index is 1.95. The van der Waals surface area contributed by atoms with Crippen LogP contribution < -0.4 is 5.01 Å². The van der Waals surface area contributed by atoms with Crippen LogP contribution in [0.2, 0.25) is 0 Å². The second-order valence-electron chi connectivity index (χ2n) is 13.2. The number of para-hydroxylation sites is 1. The van der Waals surface area contributed by atoms with E-state index in [0.717, 1.165) is 41.3 Å². The standard InChI is InChI=1S/C40H54N4/c1-11-17-35(27(5)12-2)36-24-34(40-42-31(9)23-37(43-40)26(3)4)22-30(8)39(36)32(10)44(38-21-16-14-19-29(38)7)41-25-33-20-15-13-18-28(33)6/h11,14,16-17,19,21-27,32,35H,12-13,15,18,20H2,1-10H3/b17-11-,41-25+/t27-,32?,35?/m1/s1. The molecule has 2 aromatic carbocycles. The van der Waals surface area contributed by atoms with Crippen molar-refractivity contribution in [3.8, 4) is 11.4 Å². The number of anilines is 1. The monoisotopic (exact) mass is 590 g/mol. The van der Waals surface area contributed by atoms with E-state index >= 15 is 0 Å². The van der Waals surface area contributed by atoms with Gasteiger partial charge in [0.15, 0.2) is 5.82 Å². The smallest absolute Gasteiger partial charge is 0.159 e. The van der Waals surface area contributed by atoms with Crippen LogP contribution in [-0.2, 0) is 0 Å². The van der Waals surface area contributed by atoms with E-state index in [4.69, 9.17) is 15.1 Å². The third kappa shape index (κ3) is 7.57. The number of nitrogens with zero attached hydrogens (tertiary/aromatic N) is 4. The Labute approximate surface area is 267 Å². The van der Waals surface area contributed by atoms with E-state index in [-0.39, 0.29) is 12.0 Å². The van der Waals surface area contributed by atoms with Gasteiger partial charge in [-0.1, -0.05) is 70.0 Å². The molecule has 1 heterocycles. The molecule has 1 aliphatic carbocycles. The molecule has 0 fully saturated rings. The summed E-state index contributed by atoms with van der Waals surface area (Å²) >= 11 is 0. The third-order valence-corrected chi connectivity index (χ3v) is 9.44. The molecule has 44 heavy (non-hydrogen) atoms. The van der Waals surface area contributed by atoms with Gasteiger partial charge in [0, 0.05) is 22.9 Å². The predicted octanol–water partition coefficient (Wildman–Crippen LogP) is 11.3. The first-order valence-corrected chi connectivity index (χ1v) is 16.8. The number of benzene rings is 2. The predicted molar refractivity (Wildman–Crippen MR) is 190 cm³/mol. The summed E-state index contributed by atoms with van der Waals surface area (Å²) in [6.45, 7) is 22.3. The van der Waals surface area contributed by atoms with Crippen LogP contribution in [0.15, 0.2) is 70.9 Å². The fraction of sp³-hybridized carbons (Fsp3) is 0.475. The van der Waals surface area contributed by atoms with Crippen LogP contribution in [0.25, 0.3) is 11.4 Å².